The molecular weight excluding hydrogens is 185 g/mol. The predicted octanol–water partition coefficient (Wildman–Crippen LogP) is 1.96. The highest BCUT2D eigenvalue weighted by atomic mass is 19.1. The van der Waals surface area contributed by atoms with Crippen LogP contribution in [0.4, 0.5) is 10.1 Å². The summed E-state index contributed by atoms with van der Waals surface area (Å²) in [7, 11) is 0. The van der Waals surface area contributed by atoms with Crippen LogP contribution in [0.3, 0.4) is 0 Å². The summed E-state index contributed by atoms with van der Waals surface area (Å²) in [5.41, 5.74) is 5.49. The molecule has 2 rings (SSSR count). The Balaban J connectivity index is 2.33. The molecule has 1 aromatic carbocycles. The largest absolute Gasteiger partial charge is 0.486 e. The molecule has 0 fully saturated rings. The van der Waals surface area contributed by atoms with Gasteiger partial charge in [-0.1, -0.05) is 6.92 Å². The zero-order valence-corrected chi connectivity index (χ0v) is 7.92. The van der Waals surface area contributed by atoms with Gasteiger partial charge in [0.1, 0.15) is 18.5 Å². The van der Waals surface area contributed by atoms with Crippen LogP contribution in [0.1, 0.15) is 13.3 Å². The van der Waals surface area contributed by atoms with Gasteiger partial charge < -0.3 is 15.2 Å². The fraction of sp³-hybridized carbons (Fsp3) is 0.400. The van der Waals surface area contributed by atoms with Crippen LogP contribution >= 0.6 is 0 Å². The average molecular weight is 197 g/mol. The summed E-state index contributed by atoms with van der Waals surface area (Å²) in [6.45, 7) is 2.49. The summed E-state index contributed by atoms with van der Waals surface area (Å²) < 4.78 is 24.0. The third kappa shape index (κ3) is 1.47. The third-order valence-corrected chi connectivity index (χ3v) is 2.24. The number of halogens is 1. The summed E-state index contributed by atoms with van der Waals surface area (Å²) in [5, 5.41) is 0. The molecule has 0 aromatic heterocycles. The minimum atomic E-state index is -0.468. The van der Waals surface area contributed by atoms with E-state index < -0.39 is 5.82 Å². The maximum absolute atomic E-state index is 13.1. The fourth-order valence-corrected chi connectivity index (χ4v) is 1.35. The van der Waals surface area contributed by atoms with Crippen LogP contribution in [0.15, 0.2) is 12.1 Å². The van der Waals surface area contributed by atoms with Gasteiger partial charge in [0.15, 0.2) is 11.5 Å². The van der Waals surface area contributed by atoms with Gasteiger partial charge >= 0.3 is 0 Å². The van der Waals surface area contributed by atoms with Gasteiger partial charge in [0, 0.05) is 12.1 Å². The molecule has 0 spiro atoms. The first-order chi connectivity index (χ1) is 6.70. The van der Waals surface area contributed by atoms with Crippen LogP contribution < -0.4 is 15.2 Å². The maximum Gasteiger partial charge on any atom is 0.164 e. The number of nitrogen functional groups attached to an aromatic ring is 1. The zero-order chi connectivity index (χ0) is 10.1. The topological polar surface area (TPSA) is 44.5 Å². The minimum absolute atomic E-state index is 0.00512. The monoisotopic (exact) mass is 197 g/mol. The average Bonchev–Trinajstić information content (AvgIpc) is 2.19. The first-order valence-corrected chi connectivity index (χ1v) is 4.59. The van der Waals surface area contributed by atoms with Crippen molar-refractivity contribution in [2.45, 2.75) is 19.4 Å². The van der Waals surface area contributed by atoms with E-state index in [0.717, 1.165) is 6.42 Å². The van der Waals surface area contributed by atoms with Gasteiger partial charge in [-0.2, -0.15) is 0 Å². The summed E-state index contributed by atoms with van der Waals surface area (Å²) in [5.74, 6) is 0.493. The van der Waals surface area contributed by atoms with Crippen LogP contribution in [0.25, 0.3) is 0 Å². The summed E-state index contributed by atoms with van der Waals surface area (Å²) in [6, 6.07) is 2.73. The fourth-order valence-electron chi connectivity index (χ4n) is 1.35. The number of nitrogens with two attached hydrogens (primary N) is 1. The summed E-state index contributed by atoms with van der Waals surface area (Å²) >= 11 is 0. The van der Waals surface area contributed by atoms with E-state index in [1.165, 1.54) is 12.1 Å². The van der Waals surface area contributed by atoms with Gasteiger partial charge in [0.05, 0.1) is 5.69 Å². The normalized spacial score (nSPS) is 19.4. The Labute approximate surface area is 81.6 Å². The van der Waals surface area contributed by atoms with Crippen molar-refractivity contribution in [2.75, 3.05) is 12.3 Å². The Kier molecular flexibility index (Phi) is 2.19. The van der Waals surface area contributed by atoms with Gasteiger partial charge in [-0.25, -0.2) is 4.39 Å². The third-order valence-electron chi connectivity index (χ3n) is 2.24. The quantitative estimate of drug-likeness (QED) is 0.700. The number of rotatable bonds is 1. The van der Waals surface area contributed by atoms with E-state index in [0.29, 0.717) is 18.1 Å². The summed E-state index contributed by atoms with van der Waals surface area (Å²) in [6.07, 6.45) is 0.844. The van der Waals surface area contributed by atoms with Crippen molar-refractivity contribution in [1.82, 2.24) is 0 Å². The van der Waals surface area contributed by atoms with Crippen LogP contribution in [-0.2, 0) is 0 Å². The molecule has 1 aromatic rings. The second-order valence-corrected chi connectivity index (χ2v) is 3.28. The smallest absolute Gasteiger partial charge is 0.164 e. The molecule has 1 aliphatic rings. The van der Waals surface area contributed by atoms with E-state index in [4.69, 9.17) is 15.2 Å². The van der Waals surface area contributed by atoms with Crippen molar-refractivity contribution >= 4 is 5.69 Å². The molecule has 4 heteroatoms. The molecule has 1 atom stereocenters. The second kappa shape index (κ2) is 3.36. The SMILES string of the molecule is CCC1COc2cc(N)c(F)cc2O1. The van der Waals surface area contributed by atoms with Crippen molar-refractivity contribution in [3.8, 4) is 11.5 Å². The van der Waals surface area contributed by atoms with Gasteiger partial charge in [-0.15, -0.1) is 0 Å². The maximum atomic E-state index is 13.1. The van der Waals surface area contributed by atoms with E-state index in [2.05, 4.69) is 0 Å². The Bertz CT molecular complexity index is 354. The Morgan fingerprint density at radius 3 is 3.00 bits per heavy atom. The van der Waals surface area contributed by atoms with E-state index >= 15 is 0 Å². The van der Waals surface area contributed by atoms with Crippen LogP contribution in [0.2, 0.25) is 0 Å². The number of benzene rings is 1. The molecule has 1 aliphatic heterocycles. The van der Waals surface area contributed by atoms with E-state index in [9.17, 15) is 4.39 Å². The molecule has 0 saturated heterocycles. The predicted molar refractivity (Wildman–Crippen MR) is 51.0 cm³/mol. The number of ether oxygens (including phenoxy) is 2. The number of hydrogen-bond donors (Lipinski definition) is 1. The first-order valence-electron chi connectivity index (χ1n) is 4.59. The molecule has 0 saturated carbocycles. The van der Waals surface area contributed by atoms with Crippen molar-refractivity contribution in [3.05, 3.63) is 17.9 Å². The van der Waals surface area contributed by atoms with Gasteiger partial charge in [-0.3, -0.25) is 0 Å². The standard InChI is InChI=1S/C10H12FNO2/c1-2-6-5-13-9-4-8(12)7(11)3-10(9)14-6/h3-4,6H,2,5,12H2,1H3. The minimum Gasteiger partial charge on any atom is -0.486 e. The number of fused-ring (bicyclic) bond motifs is 1. The molecule has 14 heavy (non-hydrogen) atoms. The van der Waals surface area contributed by atoms with E-state index in [1.54, 1.807) is 0 Å². The number of anilines is 1. The molecule has 0 amide bonds. The van der Waals surface area contributed by atoms with E-state index in [1.807, 2.05) is 6.92 Å². The lowest BCUT2D eigenvalue weighted by atomic mass is 10.2. The molecule has 1 unspecified atom stereocenters. The second-order valence-electron chi connectivity index (χ2n) is 3.28. The molecule has 1 heterocycles. The van der Waals surface area contributed by atoms with Crippen LogP contribution in [-0.4, -0.2) is 12.7 Å². The molecule has 0 aliphatic carbocycles. The van der Waals surface area contributed by atoms with Gasteiger partial charge in [0.2, 0.25) is 0 Å². The van der Waals surface area contributed by atoms with Gasteiger partial charge in [-0.05, 0) is 6.42 Å². The highest BCUT2D eigenvalue weighted by Crippen LogP contribution is 2.35. The van der Waals surface area contributed by atoms with E-state index in [-0.39, 0.29) is 11.8 Å². The molecule has 76 valence electrons. The number of hydrogen-bond acceptors (Lipinski definition) is 3. The zero-order valence-electron chi connectivity index (χ0n) is 7.92. The molecular formula is C10H12FNO2. The summed E-state index contributed by atoms with van der Waals surface area (Å²) in [4.78, 5) is 0. The van der Waals surface area contributed by atoms with Crippen molar-refractivity contribution in [2.24, 2.45) is 0 Å². The van der Waals surface area contributed by atoms with Crippen LogP contribution in [0, 0.1) is 5.82 Å². The Hall–Kier alpha value is -1.45. The van der Waals surface area contributed by atoms with Crippen molar-refractivity contribution < 1.29 is 13.9 Å². The molecule has 3 nitrogen and oxygen atoms in total. The lowest BCUT2D eigenvalue weighted by Gasteiger charge is -2.25. The first kappa shape index (κ1) is 9.12. The van der Waals surface area contributed by atoms with Crippen LogP contribution in [0.5, 0.6) is 11.5 Å². The molecule has 0 radical (unpaired) electrons. The lowest BCUT2D eigenvalue weighted by Crippen LogP contribution is -2.28. The highest BCUT2D eigenvalue weighted by molar-refractivity contribution is 5.53. The molecule has 0 bridgehead atoms. The highest BCUT2D eigenvalue weighted by Gasteiger charge is 2.20. The van der Waals surface area contributed by atoms with Crippen molar-refractivity contribution in [3.63, 3.8) is 0 Å². The van der Waals surface area contributed by atoms with Crippen molar-refractivity contribution in [1.29, 1.82) is 0 Å². The molecule has 2 N–H and O–H groups in total. The Morgan fingerprint density at radius 1 is 1.50 bits per heavy atom. The Morgan fingerprint density at radius 2 is 2.29 bits per heavy atom. The lowest BCUT2D eigenvalue weighted by molar-refractivity contribution is 0.0880. The van der Waals surface area contributed by atoms with Gasteiger partial charge in [0.25, 0.3) is 0 Å².